The van der Waals surface area contributed by atoms with Crippen molar-refractivity contribution in [3.8, 4) is 22.8 Å². The third-order valence-corrected chi connectivity index (χ3v) is 3.50. The van der Waals surface area contributed by atoms with Gasteiger partial charge in [-0.25, -0.2) is 9.97 Å². The number of nitrogens with zero attached hydrogens (tertiary/aromatic N) is 3. The summed E-state index contributed by atoms with van der Waals surface area (Å²) in [7, 11) is 1.64. The normalized spacial score (nSPS) is 10.4. The quantitative estimate of drug-likeness (QED) is 0.784. The van der Waals surface area contributed by atoms with Gasteiger partial charge in [0.25, 0.3) is 0 Å². The molecule has 0 aliphatic carbocycles. The second-order valence-corrected chi connectivity index (χ2v) is 4.73. The maximum Gasteiger partial charge on any atom is 0.161 e. The van der Waals surface area contributed by atoms with Crippen molar-refractivity contribution in [2.75, 3.05) is 31.7 Å². The first-order valence-electron chi connectivity index (χ1n) is 7.61. The molecule has 0 unspecified atom stereocenters. The SMILES string of the molecule is CCOc1cc(-c2cc(N(CC)CC)ncn2)ccc1OC. The van der Waals surface area contributed by atoms with E-state index in [-0.39, 0.29) is 0 Å². The van der Waals surface area contributed by atoms with Crippen molar-refractivity contribution in [1.29, 1.82) is 0 Å². The highest BCUT2D eigenvalue weighted by Gasteiger charge is 2.10. The largest absolute Gasteiger partial charge is 0.493 e. The Labute approximate surface area is 131 Å². The molecule has 0 amide bonds. The molecule has 0 radical (unpaired) electrons. The molecule has 2 aromatic rings. The molecule has 0 bridgehead atoms. The summed E-state index contributed by atoms with van der Waals surface area (Å²) in [6.07, 6.45) is 1.60. The molecule has 5 nitrogen and oxygen atoms in total. The van der Waals surface area contributed by atoms with Crippen LogP contribution in [0.15, 0.2) is 30.6 Å². The van der Waals surface area contributed by atoms with Crippen LogP contribution in [0.3, 0.4) is 0 Å². The molecule has 5 heteroatoms. The van der Waals surface area contributed by atoms with E-state index in [1.807, 2.05) is 31.2 Å². The highest BCUT2D eigenvalue weighted by Crippen LogP contribution is 2.32. The lowest BCUT2D eigenvalue weighted by molar-refractivity contribution is 0.311. The van der Waals surface area contributed by atoms with E-state index in [9.17, 15) is 0 Å². The molecule has 1 aromatic heterocycles. The number of methoxy groups -OCH3 is 1. The van der Waals surface area contributed by atoms with Gasteiger partial charge in [0.15, 0.2) is 11.5 Å². The minimum absolute atomic E-state index is 0.592. The maximum absolute atomic E-state index is 5.63. The lowest BCUT2D eigenvalue weighted by Gasteiger charge is -2.20. The summed E-state index contributed by atoms with van der Waals surface area (Å²) in [6.45, 7) is 8.61. The fraction of sp³-hybridized carbons (Fsp3) is 0.412. The average Bonchev–Trinajstić information content (AvgIpc) is 2.56. The van der Waals surface area contributed by atoms with Crippen molar-refractivity contribution >= 4 is 5.82 Å². The van der Waals surface area contributed by atoms with Crippen LogP contribution < -0.4 is 14.4 Å². The fourth-order valence-electron chi connectivity index (χ4n) is 2.33. The van der Waals surface area contributed by atoms with Crippen LogP contribution >= 0.6 is 0 Å². The molecular formula is C17H23N3O2. The summed E-state index contributed by atoms with van der Waals surface area (Å²) >= 11 is 0. The van der Waals surface area contributed by atoms with Crippen molar-refractivity contribution in [3.05, 3.63) is 30.6 Å². The second-order valence-electron chi connectivity index (χ2n) is 4.73. The minimum Gasteiger partial charge on any atom is -0.493 e. The van der Waals surface area contributed by atoms with Gasteiger partial charge in [0.1, 0.15) is 12.1 Å². The van der Waals surface area contributed by atoms with E-state index in [1.165, 1.54) is 0 Å². The van der Waals surface area contributed by atoms with Crippen LogP contribution in [0.25, 0.3) is 11.3 Å². The number of aromatic nitrogens is 2. The van der Waals surface area contributed by atoms with Crippen molar-refractivity contribution in [3.63, 3.8) is 0 Å². The van der Waals surface area contributed by atoms with Gasteiger partial charge in [-0.05, 0) is 39.0 Å². The van der Waals surface area contributed by atoms with E-state index < -0.39 is 0 Å². The summed E-state index contributed by atoms with van der Waals surface area (Å²) in [5.74, 6) is 2.39. The molecule has 0 fully saturated rings. The van der Waals surface area contributed by atoms with E-state index >= 15 is 0 Å². The summed E-state index contributed by atoms with van der Waals surface area (Å²) in [5, 5.41) is 0. The van der Waals surface area contributed by atoms with Gasteiger partial charge in [0, 0.05) is 24.7 Å². The number of hydrogen-bond acceptors (Lipinski definition) is 5. The summed E-state index contributed by atoms with van der Waals surface area (Å²) in [6, 6.07) is 7.84. The zero-order valence-corrected chi connectivity index (χ0v) is 13.7. The Morgan fingerprint density at radius 2 is 1.77 bits per heavy atom. The zero-order valence-electron chi connectivity index (χ0n) is 13.7. The van der Waals surface area contributed by atoms with Crippen molar-refractivity contribution < 1.29 is 9.47 Å². The van der Waals surface area contributed by atoms with Gasteiger partial charge in [-0.1, -0.05) is 0 Å². The third kappa shape index (κ3) is 3.47. The van der Waals surface area contributed by atoms with Crippen molar-refractivity contribution in [2.24, 2.45) is 0 Å². The van der Waals surface area contributed by atoms with Gasteiger partial charge in [-0.15, -0.1) is 0 Å². The molecule has 2 rings (SSSR count). The predicted octanol–water partition coefficient (Wildman–Crippen LogP) is 3.40. The van der Waals surface area contributed by atoms with Crippen LogP contribution in [-0.4, -0.2) is 36.8 Å². The van der Waals surface area contributed by atoms with Gasteiger partial charge >= 0.3 is 0 Å². The van der Waals surface area contributed by atoms with E-state index in [0.717, 1.165) is 41.7 Å². The molecule has 0 spiro atoms. The van der Waals surface area contributed by atoms with Gasteiger partial charge in [-0.2, -0.15) is 0 Å². The Morgan fingerprint density at radius 1 is 1.00 bits per heavy atom. The average molecular weight is 301 g/mol. The molecule has 1 aromatic carbocycles. The number of hydrogen-bond donors (Lipinski definition) is 0. The van der Waals surface area contributed by atoms with Crippen LogP contribution in [-0.2, 0) is 0 Å². The molecule has 0 atom stereocenters. The molecule has 0 saturated carbocycles. The molecule has 0 saturated heterocycles. The third-order valence-electron chi connectivity index (χ3n) is 3.50. The molecule has 22 heavy (non-hydrogen) atoms. The Hall–Kier alpha value is -2.30. The monoisotopic (exact) mass is 301 g/mol. The highest BCUT2D eigenvalue weighted by molar-refractivity contribution is 5.66. The molecule has 0 aliphatic heterocycles. The number of ether oxygens (including phenoxy) is 2. The molecule has 1 heterocycles. The Balaban J connectivity index is 2.39. The first kappa shape index (κ1) is 16.1. The van der Waals surface area contributed by atoms with Crippen molar-refractivity contribution in [2.45, 2.75) is 20.8 Å². The Morgan fingerprint density at radius 3 is 2.41 bits per heavy atom. The number of anilines is 1. The molecular weight excluding hydrogens is 278 g/mol. The minimum atomic E-state index is 0.592. The Bertz CT molecular complexity index is 613. The van der Waals surface area contributed by atoms with Crippen molar-refractivity contribution in [1.82, 2.24) is 9.97 Å². The number of rotatable bonds is 7. The van der Waals surface area contributed by atoms with Gasteiger partial charge in [-0.3, -0.25) is 0 Å². The first-order chi connectivity index (χ1) is 10.7. The number of benzene rings is 1. The smallest absolute Gasteiger partial charge is 0.161 e. The van der Waals surface area contributed by atoms with E-state index in [4.69, 9.17) is 9.47 Å². The van der Waals surface area contributed by atoms with Crippen LogP contribution in [0, 0.1) is 0 Å². The van der Waals surface area contributed by atoms with Gasteiger partial charge < -0.3 is 14.4 Å². The van der Waals surface area contributed by atoms with Crippen LogP contribution in [0.1, 0.15) is 20.8 Å². The molecule has 118 valence electrons. The topological polar surface area (TPSA) is 47.5 Å². The van der Waals surface area contributed by atoms with Crippen LogP contribution in [0.2, 0.25) is 0 Å². The summed E-state index contributed by atoms with van der Waals surface area (Å²) < 4.78 is 11.0. The Kier molecular flexibility index (Phi) is 5.58. The lowest BCUT2D eigenvalue weighted by Crippen LogP contribution is -2.22. The van der Waals surface area contributed by atoms with Crippen LogP contribution in [0.5, 0.6) is 11.5 Å². The fourth-order valence-corrected chi connectivity index (χ4v) is 2.33. The maximum atomic E-state index is 5.63. The molecule has 0 aliphatic rings. The zero-order chi connectivity index (χ0) is 15.9. The standard InChI is InChI=1S/C17H23N3O2/c1-5-20(6-2)17-11-14(18-12-19-17)13-8-9-15(21-4)16(10-13)22-7-3/h8-12H,5-7H2,1-4H3. The van der Waals surface area contributed by atoms with Gasteiger partial charge in [0.2, 0.25) is 0 Å². The second kappa shape index (κ2) is 7.64. The van der Waals surface area contributed by atoms with E-state index in [1.54, 1.807) is 13.4 Å². The van der Waals surface area contributed by atoms with E-state index in [0.29, 0.717) is 6.61 Å². The first-order valence-corrected chi connectivity index (χ1v) is 7.61. The predicted molar refractivity (Wildman–Crippen MR) is 88.8 cm³/mol. The molecule has 0 N–H and O–H groups in total. The van der Waals surface area contributed by atoms with Crippen LogP contribution in [0.4, 0.5) is 5.82 Å². The summed E-state index contributed by atoms with van der Waals surface area (Å²) in [4.78, 5) is 10.9. The van der Waals surface area contributed by atoms with Gasteiger partial charge in [0.05, 0.1) is 19.4 Å². The summed E-state index contributed by atoms with van der Waals surface area (Å²) in [5.41, 5.74) is 1.86. The highest BCUT2D eigenvalue weighted by atomic mass is 16.5. The lowest BCUT2D eigenvalue weighted by atomic mass is 10.1. The van der Waals surface area contributed by atoms with E-state index in [2.05, 4.69) is 28.7 Å².